The fourth-order valence-corrected chi connectivity index (χ4v) is 2.84. The standard InChI is InChI=1S/C19H22N2O5/c22-12-14-4-6-15(7-5-14)26-17-8-10-25-13-16(17)20-18(23)11-21-9-2-1-3-19(21)24/h1-7,9,16-17,22H,8,10-13H2,(H,20,23)/t16-,17-/m0/s1. The minimum absolute atomic E-state index is 0.0188. The van der Waals surface area contributed by atoms with E-state index in [0.717, 1.165) is 5.56 Å². The lowest BCUT2D eigenvalue weighted by molar-refractivity contribution is -0.124. The van der Waals surface area contributed by atoms with Crippen molar-refractivity contribution in [2.45, 2.75) is 31.7 Å². The second-order valence-corrected chi connectivity index (χ2v) is 6.16. The van der Waals surface area contributed by atoms with E-state index < -0.39 is 0 Å². The predicted molar refractivity (Wildman–Crippen MR) is 94.8 cm³/mol. The molecule has 0 aliphatic carbocycles. The molecule has 1 fully saturated rings. The molecule has 7 nitrogen and oxygen atoms in total. The number of hydrogen-bond donors (Lipinski definition) is 2. The fraction of sp³-hybridized carbons (Fsp3) is 0.368. The van der Waals surface area contributed by atoms with Crippen LogP contribution in [-0.2, 0) is 22.7 Å². The number of pyridine rings is 1. The van der Waals surface area contributed by atoms with Gasteiger partial charge in [-0.05, 0) is 23.8 Å². The molecule has 0 spiro atoms. The lowest BCUT2D eigenvalue weighted by atomic mass is 10.1. The number of benzene rings is 1. The molecular weight excluding hydrogens is 336 g/mol. The third-order valence-corrected chi connectivity index (χ3v) is 4.25. The minimum atomic E-state index is -0.298. The Kier molecular flexibility index (Phi) is 6.04. The molecule has 0 saturated carbocycles. The number of aliphatic hydroxyl groups excluding tert-OH is 1. The normalized spacial score (nSPS) is 19.7. The van der Waals surface area contributed by atoms with Crippen LogP contribution in [0.4, 0.5) is 0 Å². The highest BCUT2D eigenvalue weighted by molar-refractivity contribution is 5.76. The average molecular weight is 358 g/mol. The summed E-state index contributed by atoms with van der Waals surface area (Å²) in [6, 6.07) is 11.6. The molecule has 1 saturated heterocycles. The molecule has 1 aromatic carbocycles. The predicted octanol–water partition coefficient (Wildman–Crippen LogP) is 0.693. The van der Waals surface area contributed by atoms with E-state index in [1.54, 1.807) is 42.6 Å². The monoisotopic (exact) mass is 358 g/mol. The molecule has 1 aromatic heterocycles. The second-order valence-electron chi connectivity index (χ2n) is 6.16. The van der Waals surface area contributed by atoms with Crippen LogP contribution in [0.15, 0.2) is 53.5 Å². The Morgan fingerprint density at radius 2 is 2.08 bits per heavy atom. The van der Waals surface area contributed by atoms with Gasteiger partial charge in [0.25, 0.3) is 5.56 Å². The molecule has 1 aliphatic rings. The van der Waals surface area contributed by atoms with Crippen LogP contribution < -0.4 is 15.6 Å². The third-order valence-electron chi connectivity index (χ3n) is 4.25. The zero-order chi connectivity index (χ0) is 18.4. The molecule has 2 heterocycles. The summed E-state index contributed by atoms with van der Waals surface area (Å²) in [6.45, 7) is 0.849. The van der Waals surface area contributed by atoms with Gasteiger partial charge in [-0.15, -0.1) is 0 Å². The quantitative estimate of drug-likeness (QED) is 0.793. The molecule has 0 bridgehead atoms. The van der Waals surface area contributed by atoms with Gasteiger partial charge < -0.3 is 24.5 Å². The van der Waals surface area contributed by atoms with Gasteiger partial charge in [0.05, 0.1) is 25.9 Å². The van der Waals surface area contributed by atoms with Gasteiger partial charge in [-0.2, -0.15) is 0 Å². The van der Waals surface area contributed by atoms with Crippen LogP contribution in [0.1, 0.15) is 12.0 Å². The summed E-state index contributed by atoms with van der Waals surface area (Å²) in [6.07, 6.45) is 2.01. The van der Waals surface area contributed by atoms with Gasteiger partial charge in [-0.3, -0.25) is 9.59 Å². The van der Waals surface area contributed by atoms with E-state index in [1.165, 1.54) is 10.6 Å². The number of rotatable bonds is 6. The van der Waals surface area contributed by atoms with Crippen LogP contribution in [0.3, 0.4) is 0 Å². The van der Waals surface area contributed by atoms with Gasteiger partial charge in [0, 0.05) is 18.7 Å². The molecule has 2 aromatic rings. The molecule has 7 heteroatoms. The van der Waals surface area contributed by atoms with Crippen LogP contribution in [0.25, 0.3) is 0 Å². The van der Waals surface area contributed by atoms with Gasteiger partial charge in [-0.1, -0.05) is 18.2 Å². The molecule has 138 valence electrons. The van der Waals surface area contributed by atoms with Gasteiger partial charge in [0.1, 0.15) is 18.4 Å². The van der Waals surface area contributed by atoms with Crippen molar-refractivity contribution < 1.29 is 19.4 Å². The molecule has 2 N–H and O–H groups in total. The maximum atomic E-state index is 12.3. The molecular formula is C19H22N2O5. The molecule has 3 rings (SSSR count). The molecule has 1 aliphatic heterocycles. The topological polar surface area (TPSA) is 89.8 Å². The molecule has 0 radical (unpaired) electrons. The first-order valence-electron chi connectivity index (χ1n) is 8.55. The Hall–Kier alpha value is -2.64. The lowest BCUT2D eigenvalue weighted by Gasteiger charge is -2.32. The number of amides is 1. The minimum Gasteiger partial charge on any atom is -0.488 e. The van der Waals surface area contributed by atoms with Crippen molar-refractivity contribution in [3.05, 3.63) is 64.6 Å². The lowest BCUT2D eigenvalue weighted by Crippen LogP contribution is -2.52. The summed E-state index contributed by atoms with van der Waals surface area (Å²) in [7, 11) is 0. The van der Waals surface area contributed by atoms with E-state index in [9.17, 15) is 9.59 Å². The fourth-order valence-electron chi connectivity index (χ4n) is 2.84. The highest BCUT2D eigenvalue weighted by atomic mass is 16.5. The Bertz CT molecular complexity index is 787. The van der Waals surface area contributed by atoms with Crippen LogP contribution in [0.5, 0.6) is 5.75 Å². The van der Waals surface area contributed by atoms with Crippen molar-refractivity contribution in [3.63, 3.8) is 0 Å². The number of nitrogens with one attached hydrogen (secondary N) is 1. The van der Waals surface area contributed by atoms with Crippen molar-refractivity contribution in [2.75, 3.05) is 13.2 Å². The molecule has 2 atom stereocenters. The summed E-state index contributed by atoms with van der Waals surface area (Å²) < 4.78 is 12.8. The van der Waals surface area contributed by atoms with Gasteiger partial charge in [0.15, 0.2) is 0 Å². The van der Waals surface area contributed by atoms with Crippen molar-refractivity contribution >= 4 is 5.91 Å². The first-order chi connectivity index (χ1) is 12.7. The number of ether oxygens (including phenoxy) is 2. The number of aromatic nitrogens is 1. The SMILES string of the molecule is O=C(Cn1ccccc1=O)N[C@H]1COCC[C@@H]1Oc1ccc(CO)cc1. The maximum Gasteiger partial charge on any atom is 0.250 e. The van der Waals surface area contributed by atoms with Crippen LogP contribution in [0, 0.1) is 0 Å². The Morgan fingerprint density at radius 3 is 2.81 bits per heavy atom. The average Bonchev–Trinajstić information content (AvgIpc) is 2.66. The van der Waals surface area contributed by atoms with Crippen molar-refractivity contribution in [2.24, 2.45) is 0 Å². The van der Waals surface area contributed by atoms with E-state index in [2.05, 4.69) is 5.32 Å². The van der Waals surface area contributed by atoms with Crippen LogP contribution in [0.2, 0.25) is 0 Å². The van der Waals surface area contributed by atoms with Crippen molar-refractivity contribution in [3.8, 4) is 5.75 Å². The largest absolute Gasteiger partial charge is 0.488 e. The zero-order valence-electron chi connectivity index (χ0n) is 14.3. The molecule has 1 amide bonds. The Morgan fingerprint density at radius 1 is 1.27 bits per heavy atom. The molecule has 0 unspecified atom stereocenters. The summed E-state index contributed by atoms with van der Waals surface area (Å²) in [5, 5.41) is 12.0. The summed E-state index contributed by atoms with van der Waals surface area (Å²) >= 11 is 0. The Balaban J connectivity index is 1.61. The number of aliphatic hydroxyl groups is 1. The zero-order valence-corrected chi connectivity index (χ0v) is 14.3. The number of hydrogen-bond acceptors (Lipinski definition) is 5. The maximum absolute atomic E-state index is 12.3. The first-order valence-corrected chi connectivity index (χ1v) is 8.55. The number of nitrogens with zero attached hydrogens (tertiary/aromatic N) is 1. The van der Waals surface area contributed by atoms with Crippen LogP contribution >= 0.6 is 0 Å². The van der Waals surface area contributed by atoms with E-state index in [0.29, 0.717) is 25.4 Å². The third kappa shape index (κ3) is 4.71. The Labute approximate surface area is 151 Å². The summed E-state index contributed by atoms with van der Waals surface area (Å²) in [5.41, 5.74) is 0.585. The van der Waals surface area contributed by atoms with E-state index in [4.69, 9.17) is 14.6 Å². The summed E-state index contributed by atoms with van der Waals surface area (Å²) in [4.78, 5) is 24.0. The second kappa shape index (κ2) is 8.64. The number of carbonyl (C=O) groups excluding carboxylic acids is 1. The van der Waals surface area contributed by atoms with Gasteiger partial charge in [-0.25, -0.2) is 0 Å². The van der Waals surface area contributed by atoms with Crippen molar-refractivity contribution in [1.29, 1.82) is 0 Å². The highest BCUT2D eigenvalue weighted by Crippen LogP contribution is 2.19. The van der Waals surface area contributed by atoms with E-state index in [-0.39, 0.29) is 36.8 Å². The summed E-state index contributed by atoms with van der Waals surface area (Å²) in [5.74, 6) is 0.408. The highest BCUT2D eigenvalue weighted by Gasteiger charge is 2.29. The number of carbonyl (C=O) groups is 1. The van der Waals surface area contributed by atoms with Crippen LogP contribution in [-0.4, -0.2) is 40.9 Å². The van der Waals surface area contributed by atoms with E-state index >= 15 is 0 Å². The van der Waals surface area contributed by atoms with Crippen molar-refractivity contribution in [1.82, 2.24) is 9.88 Å². The van der Waals surface area contributed by atoms with E-state index in [1.807, 2.05) is 0 Å². The van der Waals surface area contributed by atoms with Gasteiger partial charge >= 0.3 is 0 Å². The first kappa shape index (κ1) is 18.2. The smallest absolute Gasteiger partial charge is 0.250 e. The molecule has 26 heavy (non-hydrogen) atoms. The van der Waals surface area contributed by atoms with Gasteiger partial charge in [0.2, 0.25) is 5.91 Å².